The molecule has 0 aliphatic rings. The van der Waals surface area contributed by atoms with Gasteiger partial charge in [0, 0.05) is 37.9 Å². The molecule has 0 fully saturated rings. The molecule has 3 N–H and O–H groups in total. The minimum absolute atomic E-state index is 0.0326. The number of rotatable bonds is 5. The molecule has 0 aromatic heterocycles. The summed E-state index contributed by atoms with van der Waals surface area (Å²) in [6.45, 7) is 6.09. The second-order valence-electron chi connectivity index (χ2n) is 5.56. The van der Waals surface area contributed by atoms with Crippen molar-refractivity contribution in [1.82, 2.24) is 0 Å². The van der Waals surface area contributed by atoms with Gasteiger partial charge in [-0.1, -0.05) is 19.9 Å². The summed E-state index contributed by atoms with van der Waals surface area (Å²) in [5.74, 6) is 0.274. The van der Waals surface area contributed by atoms with Crippen LogP contribution >= 0.6 is 0 Å². The van der Waals surface area contributed by atoms with Gasteiger partial charge in [0.15, 0.2) is 0 Å². The minimum Gasteiger partial charge on any atom is -0.377 e. The number of benzene rings is 1. The molecule has 19 heavy (non-hydrogen) atoms. The lowest BCUT2D eigenvalue weighted by Gasteiger charge is -2.18. The third-order valence-electron chi connectivity index (χ3n) is 3.25. The molecule has 0 aliphatic carbocycles. The van der Waals surface area contributed by atoms with Crippen LogP contribution in [-0.2, 0) is 4.79 Å². The number of anilines is 2. The number of nitrogens with zero attached hydrogens (tertiary/aromatic N) is 1. The smallest absolute Gasteiger partial charge is 0.225 e. The Hall–Kier alpha value is -1.55. The molecule has 0 saturated carbocycles. The predicted molar refractivity (Wildman–Crippen MR) is 81.6 cm³/mol. The highest BCUT2D eigenvalue weighted by Crippen LogP contribution is 2.22. The Morgan fingerprint density at radius 1 is 1.37 bits per heavy atom. The fraction of sp³-hybridized carbons (Fsp3) is 0.533. The molecule has 106 valence electrons. The summed E-state index contributed by atoms with van der Waals surface area (Å²) >= 11 is 0. The minimum atomic E-state index is -0.0984. The van der Waals surface area contributed by atoms with Crippen LogP contribution in [0.2, 0.25) is 0 Å². The standard InChI is InChI=1S/C15H25N3O/c1-10(2)13(16)9-15(19)17-12-7-6-11(3)14(8-12)18(4)5/h6-8,10,13H,9,16H2,1-5H3,(H,17,19). The summed E-state index contributed by atoms with van der Waals surface area (Å²) in [6.07, 6.45) is 0.350. The van der Waals surface area contributed by atoms with E-state index in [-0.39, 0.29) is 11.9 Å². The molecular weight excluding hydrogens is 238 g/mol. The van der Waals surface area contributed by atoms with Gasteiger partial charge in [0.25, 0.3) is 0 Å². The van der Waals surface area contributed by atoms with Crippen molar-refractivity contribution in [2.45, 2.75) is 33.2 Å². The van der Waals surface area contributed by atoms with E-state index in [1.807, 2.05) is 51.0 Å². The van der Waals surface area contributed by atoms with Gasteiger partial charge in [0.2, 0.25) is 5.91 Å². The first-order valence-corrected chi connectivity index (χ1v) is 6.64. The van der Waals surface area contributed by atoms with E-state index in [0.29, 0.717) is 12.3 Å². The summed E-state index contributed by atoms with van der Waals surface area (Å²) in [5.41, 5.74) is 9.00. The molecule has 1 atom stereocenters. The zero-order chi connectivity index (χ0) is 14.6. The number of hydrogen-bond donors (Lipinski definition) is 2. The Kier molecular flexibility index (Phi) is 5.36. The van der Waals surface area contributed by atoms with Crippen LogP contribution in [0.1, 0.15) is 25.8 Å². The van der Waals surface area contributed by atoms with Crippen molar-refractivity contribution in [2.75, 3.05) is 24.3 Å². The molecule has 0 bridgehead atoms. The van der Waals surface area contributed by atoms with Gasteiger partial charge < -0.3 is 16.0 Å². The maximum absolute atomic E-state index is 11.9. The Balaban J connectivity index is 2.72. The van der Waals surface area contributed by atoms with Crippen LogP contribution in [0.25, 0.3) is 0 Å². The fourth-order valence-corrected chi connectivity index (χ4v) is 1.83. The monoisotopic (exact) mass is 263 g/mol. The Labute approximate surface area is 116 Å². The number of nitrogens with two attached hydrogens (primary N) is 1. The molecule has 1 rings (SSSR count). The van der Waals surface area contributed by atoms with Gasteiger partial charge in [-0.05, 0) is 30.5 Å². The van der Waals surface area contributed by atoms with E-state index in [0.717, 1.165) is 11.4 Å². The van der Waals surface area contributed by atoms with Crippen molar-refractivity contribution in [3.05, 3.63) is 23.8 Å². The highest BCUT2D eigenvalue weighted by atomic mass is 16.1. The highest BCUT2D eigenvalue weighted by Gasteiger charge is 2.13. The zero-order valence-electron chi connectivity index (χ0n) is 12.5. The van der Waals surface area contributed by atoms with E-state index in [4.69, 9.17) is 5.73 Å². The van der Waals surface area contributed by atoms with Crippen molar-refractivity contribution >= 4 is 17.3 Å². The predicted octanol–water partition coefficient (Wildman–Crippen LogP) is 2.37. The van der Waals surface area contributed by atoms with Gasteiger partial charge in [-0.3, -0.25) is 4.79 Å². The van der Waals surface area contributed by atoms with Gasteiger partial charge in [-0.15, -0.1) is 0 Å². The molecule has 1 aromatic rings. The van der Waals surface area contributed by atoms with Crippen LogP contribution in [-0.4, -0.2) is 26.0 Å². The topological polar surface area (TPSA) is 58.4 Å². The van der Waals surface area contributed by atoms with Gasteiger partial charge in [0.05, 0.1) is 0 Å². The Bertz CT molecular complexity index is 441. The molecule has 0 aliphatic heterocycles. The fourth-order valence-electron chi connectivity index (χ4n) is 1.83. The van der Waals surface area contributed by atoms with Crippen molar-refractivity contribution in [3.8, 4) is 0 Å². The second kappa shape index (κ2) is 6.57. The maximum Gasteiger partial charge on any atom is 0.225 e. The SMILES string of the molecule is Cc1ccc(NC(=O)CC(N)C(C)C)cc1N(C)C. The molecule has 1 aromatic carbocycles. The van der Waals surface area contributed by atoms with E-state index in [2.05, 4.69) is 12.2 Å². The van der Waals surface area contributed by atoms with Crippen LogP contribution in [0.15, 0.2) is 18.2 Å². The Morgan fingerprint density at radius 2 is 2.00 bits per heavy atom. The van der Waals surface area contributed by atoms with Crippen LogP contribution < -0.4 is 16.0 Å². The summed E-state index contributed by atoms with van der Waals surface area (Å²) in [7, 11) is 3.98. The van der Waals surface area contributed by atoms with E-state index >= 15 is 0 Å². The molecular formula is C15H25N3O. The Morgan fingerprint density at radius 3 is 2.53 bits per heavy atom. The third-order valence-corrected chi connectivity index (χ3v) is 3.25. The van der Waals surface area contributed by atoms with Crippen LogP contribution in [0, 0.1) is 12.8 Å². The van der Waals surface area contributed by atoms with Crippen LogP contribution in [0.5, 0.6) is 0 Å². The largest absolute Gasteiger partial charge is 0.377 e. The first kappa shape index (κ1) is 15.5. The van der Waals surface area contributed by atoms with Gasteiger partial charge >= 0.3 is 0 Å². The van der Waals surface area contributed by atoms with Crippen molar-refractivity contribution in [1.29, 1.82) is 0 Å². The molecule has 0 heterocycles. The van der Waals surface area contributed by atoms with Gasteiger partial charge in [0.1, 0.15) is 0 Å². The number of carbonyl (C=O) groups is 1. The number of amides is 1. The first-order valence-electron chi connectivity index (χ1n) is 6.64. The van der Waals surface area contributed by atoms with Crippen LogP contribution in [0.4, 0.5) is 11.4 Å². The molecule has 0 radical (unpaired) electrons. The van der Waals surface area contributed by atoms with Gasteiger partial charge in [-0.2, -0.15) is 0 Å². The average molecular weight is 263 g/mol. The quantitative estimate of drug-likeness (QED) is 0.857. The number of nitrogens with one attached hydrogen (secondary N) is 1. The summed E-state index contributed by atoms with van der Waals surface area (Å²) in [5, 5.41) is 2.90. The lowest BCUT2D eigenvalue weighted by atomic mass is 10.0. The number of aryl methyl sites for hydroxylation is 1. The average Bonchev–Trinajstić information content (AvgIpc) is 2.30. The van der Waals surface area contributed by atoms with Crippen molar-refractivity contribution in [3.63, 3.8) is 0 Å². The third kappa shape index (κ3) is 4.56. The summed E-state index contributed by atoms with van der Waals surface area (Å²) < 4.78 is 0. The molecule has 1 amide bonds. The molecule has 0 saturated heterocycles. The number of hydrogen-bond acceptors (Lipinski definition) is 3. The van der Waals surface area contributed by atoms with Crippen LogP contribution in [0.3, 0.4) is 0 Å². The molecule has 0 spiro atoms. The van der Waals surface area contributed by atoms with E-state index in [1.165, 1.54) is 5.56 Å². The lowest BCUT2D eigenvalue weighted by Crippen LogP contribution is -2.31. The second-order valence-corrected chi connectivity index (χ2v) is 5.56. The summed E-state index contributed by atoms with van der Waals surface area (Å²) in [6, 6.07) is 5.81. The van der Waals surface area contributed by atoms with E-state index in [1.54, 1.807) is 0 Å². The highest BCUT2D eigenvalue weighted by molar-refractivity contribution is 5.91. The van der Waals surface area contributed by atoms with Crippen molar-refractivity contribution in [2.24, 2.45) is 11.7 Å². The maximum atomic E-state index is 11.9. The summed E-state index contributed by atoms with van der Waals surface area (Å²) in [4.78, 5) is 13.9. The molecule has 4 heteroatoms. The first-order chi connectivity index (χ1) is 8.81. The van der Waals surface area contributed by atoms with E-state index in [9.17, 15) is 4.79 Å². The molecule has 1 unspecified atom stereocenters. The van der Waals surface area contributed by atoms with Crippen molar-refractivity contribution < 1.29 is 4.79 Å². The number of carbonyl (C=O) groups excluding carboxylic acids is 1. The van der Waals surface area contributed by atoms with Gasteiger partial charge in [-0.25, -0.2) is 0 Å². The van der Waals surface area contributed by atoms with E-state index < -0.39 is 0 Å². The normalized spacial score (nSPS) is 12.4. The zero-order valence-corrected chi connectivity index (χ0v) is 12.5. The molecule has 4 nitrogen and oxygen atoms in total. The lowest BCUT2D eigenvalue weighted by molar-refractivity contribution is -0.116.